The van der Waals surface area contributed by atoms with Gasteiger partial charge in [-0.1, -0.05) is 24.3 Å². The molecule has 2 N–H and O–H groups in total. The Morgan fingerprint density at radius 1 is 1.14 bits per heavy atom. The third kappa shape index (κ3) is 5.50. The third-order valence-corrected chi connectivity index (χ3v) is 5.18. The molecule has 0 saturated carbocycles. The van der Waals surface area contributed by atoms with Gasteiger partial charge < -0.3 is 20.3 Å². The molecule has 1 saturated heterocycles. The van der Waals surface area contributed by atoms with Crippen molar-refractivity contribution in [3.63, 3.8) is 0 Å². The molecule has 0 aromatic heterocycles. The number of amides is 1. The monoisotopic (exact) mass is 394 g/mol. The van der Waals surface area contributed by atoms with Gasteiger partial charge in [-0.3, -0.25) is 9.79 Å². The zero-order valence-electron chi connectivity index (χ0n) is 17.5. The first-order chi connectivity index (χ1) is 14.1. The largest absolute Gasteiger partial charge is 0.496 e. The minimum atomic E-state index is 0.215. The normalized spacial score (nSPS) is 14.2. The molecule has 2 aromatic carbocycles. The summed E-state index contributed by atoms with van der Waals surface area (Å²) in [5.41, 5.74) is 4.49. The van der Waals surface area contributed by atoms with E-state index in [4.69, 9.17) is 4.74 Å². The first-order valence-electron chi connectivity index (χ1n) is 10.1. The van der Waals surface area contributed by atoms with E-state index in [2.05, 4.69) is 46.0 Å². The van der Waals surface area contributed by atoms with Crippen LogP contribution in [0.5, 0.6) is 5.75 Å². The summed E-state index contributed by atoms with van der Waals surface area (Å²) in [6, 6.07) is 14.4. The Bertz CT molecular complexity index is 862. The van der Waals surface area contributed by atoms with E-state index in [9.17, 15) is 4.79 Å². The van der Waals surface area contributed by atoms with E-state index in [0.29, 0.717) is 13.0 Å². The van der Waals surface area contributed by atoms with Gasteiger partial charge in [-0.05, 0) is 54.7 Å². The summed E-state index contributed by atoms with van der Waals surface area (Å²) in [6.45, 7) is 4.32. The van der Waals surface area contributed by atoms with E-state index in [-0.39, 0.29) is 5.91 Å². The fourth-order valence-corrected chi connectivity index (χ4v) is 3.47. The summed E-state index contributed by atoms with van der Waals surface area (Å²) in [5.74, 6) is 1.90. The predicted octanol–water partition coefficient (Wildman–Crippen LogP) is 3.04. The lowest BCUT2D eigenvalue weighted by molar-refractivity contribution is -0.117. The van der Waals surface area contributed by atoms with Gasteiger partial charge >= 0.3 is 0 Å². The van der Waals surface area contributed by atoms with Crippen LogP contribution in [0.1, 0.15) is 29.5 Å². The van der Waals surface area contributed by atoms with E-state index < -0.39 is 0 Å². The Kier molecular flexibility index (Phi) is 7.11. The topological polar surface area (TPSA) is 66.0 Å². The zero-order chi connectivity index (χ0) is 20.6. The Morgan fingerprint density at radius 2 is 1.90 bits per heavy atom. The van der Waals surface area contributed by atoms with Gasteiger partial charge in [-0.2, -0.15) is 0 Å². The van der Waals surface area contributed by atoms with Crippen molar-refractivity contribution in [1.82, 2.24) is 10.6 Å². The summed E-state index contributed by atoms with van der Waals surface area (Å²) < 4.78 is 5.39. The minimum Gasteiger partial charge on any atom is -0.496 e. The fourth-order valence-electron chi connectivity index (χ4n) is 3.47. The third-order valence-electron chi connectivity index (χ3n) is 5.18. The molecule has 154 valence electrons. The molecule has 0 radical (unpaired) electrons. The molecular weight excluding hydrogens is 364 g/mol. The second kappa shape index (κ2) is 9.96. The van der Waals surface area contributed by atoms with Crippen LogP contribution in [0.4, 0.5) is 5.69 Å². The highest BCUT2D eigenvalue weighted by Gasteiger charge is 2.21. The molecule has 0 unspecified atom stereocenters. The summed E-state index contributed by atoms with van der Waals surface area (Å²) in [5, 5.41) is 6.68. The second-order valence-electron chi connectivity index (χ2n) is 7.22. The van der Waals surface area contributed by atoms with Gasteiger partial charge in [-0.25, -0.2) is 0 Å². The van der Waals surface area contributed by atoms with E-state index >= 15 is 0 Å². The highest BCUT2D eigenvalue weighted by molar-refractivity contribution is 5.95. The first-order valence-corrected chi connectivity index (χ1v) is 10.1. The van der Waals surface area contributed by atoms with Crippen molar-refractivity contribution >= 4 is 17.6 Å². The number of ether oxygens (including phenoxy) is 1. The van der Waals surface area contributed by atoms with Crippen LogP contribution in [0.3, 0.4) is 0 Å². The molecule has 0 spiro atoms. The number of guanidine groups is 1. The van der Waals surface area contributed by atoms with E-state index in [0.717, 1.165) is 54.5 Å². The molecule has 1 aliphatic heterocycles. The van der Waals surface area contributed by atoms with Crippen LogP contribution in [-0.4, -0.2) is 39.1 Å². The molecule has 0 aliphatic carbocycles. The zero-order valence-corrected chi connectivity index (χ0v) is 17.5. The Balaban J connectivity index is 1.46. The first kappa shape index (κ1) is 20.7. The lowest BCUT2D eigenvalue weighted by atomic mass is 10.1. The Labute approximate surface area is 173 Å². The minimum absolute atomic E-state index is 0.215. The molecular formula is C23H30N4O2. The van der Waals surface area contributed by atoms with Crippen LogP contribution in [0.2, 0.25) is 0 Å². The van der Waals surface area contributed by atoms with Crippen molar-refractivity contribution in [2.75, 3.05) is 32.1 Å². The molecule has 3 rings (SSSR count). The number of aliphatic imine (C=N–C) groups is 1. The molecule has 1 heterocycles. The van der Waals surface area contributed by atoms with Crippen LogP contribution in [0, 0.1) is 6.92 Å². The number of carbonyl (C=O) groups is 1. The molecule has 0 bridgehead atoms. The summed E-state index contributed by atoms with van der Waals surface area (Å²) in [7, 11) is 3.47. The van der Waals surface area contributed by atoms with Gasteiger partial charge in [0.25, 0.3) is 0 Å². The number of rotatable bonds is 7. The van der Waals surface area contributed by atoms with Gasteiger partial charge in [0.05, 0.1) is 7.11 Å². The molecule has 0 atom stereocenters. The lowest BCUT2D eigenvalue weighted by Gasteiger charge is -2.16. The molecule has 2 aromatic rings. The van der Waals surface area contributed by atoms with Crippen LogP contribution < -0.4 is 20.3 Å². The van der Waals surface area contributed by atoms with Crippen LogP contribution in [-0.2, 0) is 17.8 Å². The standard InChI is InChI=1S/C23H30N4O2/c1-17-6-7-18(15-21(17)29-3)12-13-25-23(24-2)26-16-19-8-10-20(11-9-19)27-14-4-5-22(27)28/h6-11,15H,4-5,12-14,16H2,1-3H3,(H2,24,25,26). The average Bonchev–Trinajstić information content (AvgIpc) is 3.18. The van der Waals surface area contributed by atoms with Gasteiger partial charge in [0, 0.05) is 38.8 Å². The van der Waals surface area contributed by atoms with Crippen LogP contribution in [0.15, 0.2) is 47.5 Å². The van der Waals surface area contributed by atoms with Crippen molar-refractivity contribution in [2.24, 2.45) is 4.99 Å². The van der Waals surface area contributed by atoms with E-state index in [1.54, 1.807) is 14.2 Å². The maximum absolute atomic E-state index is 11.9. The number of methoxy groups -OCH3 is 1. The molecule has 6 heteroatoms. The van der Waals surface area contributed by atoms with Gasteiger partial charge in [-0.15, -0.1) is 0 Å². The predicted molar refractivity (Wildman–Crippen MR) is 118 cm³/mol. The Hall–Kier alpha value is -3.02. The van der Waals surface area contributed by atoms with Crippen LogP contribution >= 0.6 is 0 Å². The van der Waals surface area contributed by atoms with Crippen molar-refractivity contribution in [1.29, 1.82) is 0 Å². The van der Waals surface area contributed by atoms with Crippen LogP contribution in [0.25, 0.3) is 0 Å². The highest BCUT2D eigenvalue weighted by atomic mass is 16.5. The van der Waals surface area contributed by atoms with Crippen molar-refractivity contribution in [3.8, 4) is 5.75 Å². The average molecular weight is 395 g/mol. The highest BCUT2D eigenvalue weighted by Crippen LogP contribution is 2.21. The number of aryl methyl sites for hydroxylation is 1. The molecule has 1 amide bonds. The number of anilines is 1. The summed E-state index contributed by atoms with van der Waals surface area (Å²) in [6.07, 6.45) is 2.48. The summed E-state index contributed by atoms with van der Waals surface area (Å²) >= 11 is 0. The number of carbonyl (C=O) groups excluding carboxylic acids is 1. The quantitative estimate of drug-likeness (QED) is 0.560. The lowest BCUT2D eigenvalue weighted by Crippen LogP contribution is -2.37. The number of benzene rings is 2. The van der Waals surface area contributed by atoms with E-state index in [1.165, 1.54) is 5.56 Å². The molecule has 6 nitrogen and oxygen atoms in total. The van der Waals surface area contributed by atoms with Gasteiger partial charge in [0.1, 0.15) is 5.75 Å². The second-order valence-corrected chi connectivity index (χ2v) is 7.22. The molecule has 1 aliphatic rings. The van der Waals surface area contributed by atoms with Crippen molar-refractivity contribution in [2.45, 2.75) is 32.7 Å². The fraction of sp³-hybridized carbons (Fsp3) is 0.391. The molecule has 1 fully saturated rings. The van der Waals surface area contributed by atoms with Crippen molar-refractivity contribution in [3.05, 3.63) is 59.2 Å². The van der Waals surface area contributed by atoms with Gasteiger partial charge in [0.2, 0.25) is 5.91 Å². The maximum atomic E-state index is 11.9. The smallest absolute Gasteiger partial charge is 0.227 e. The number of hydrogen-bond acceptors (Lipinski definition) is 3. The number of hydrogen-bond donors (Lipinski definition) is 2. The number of nitrogens with one attached hydrogen (secondary N) is 2. The molecule has 29 heavy (non-hydrogen) atoms. The number of nitrogens with zero attached hydrogens (tertiary/aromatic N) is 2. The summed E-state index contributed by atoms with van der Waals surface area (Å²) in [4.78, 5) is 18.0. The SMILES string of the molecule is CN=C(NCCc1ccc(C)c(OC)c1)NCc1ccc(N2CCCC2=O)cc1. The Morgan fingerprint density at radius 3 is 2.55 bits per heavy atom. The van der Waals surface area contributed by atoms with Gasteiger partial charge in [0.15, 0.2) is 5.96 Å². The maximum Gasteiger partial charge on any atom is 0.227 e. The van der Waals surface area contributed by atoms with Crippen molar-refractivity contribution < 1.29 is 9.53 Å². The van der Waals surface area contributed by atoms with E-state index in [1.807, 2.05) is 24.0 Å².